The Balaban J connectivity index is 1.24. The van der Waals surface area contributed by atoms with E-state index in [2.05, 4.69) is 15.6 Å². The third-order valence-electron chi connectivity index (χ3n) is 9.12. The standard InChI is InChI=1S/C41H43N5O7/c42-23-13-12-21-33(37(47)39-44-32-20-10-11-22-35(32)53-39)43-38(48)34-24-31(51-26-28-14-4-1-5-15-28)25-46(34)40(49)36(30-18-8-3-9-19-30)45-41(50)52-27-29-16-6-2-7-17-29/h1-11,14-20,22,31,33-34,36H,12-13,21,23-27,42H2,(H,43,48)(H,45,50)/t31-,33+,34+,36-/m1/s1. The van der Waals surface area contributed by atoms with Gasteiger partial charge in [0.05, 0.1) is 18.8 Å². The monoisotopic (exact) mass is 717 g/mol. The number of Topliss-reactive ketones (excluding diaryl/α,β-unsaturated/α-hetero) is 1. The first-order valence-corrected chi connectivity index (χ1v) is 17.8. The molecule has 0 aliphatic carbocycles. The number of oxazole rings is 1. The third kappa shape index (κ3) is 9.73. The number of fused-ring (bicyclic) bond motifs is 1. The molecule has 3 amide bonds. The highest BCUT2D eigenvalue weighted by molar-refractivity contribution is 6.01. The van der Waals surface area contributed by atoms with E-state index >= 15 is 0 Å². The summed E-state index contributed by atoms with van der Waals surface area (Å²) in [6, 6.07) is 31.4. The molecule has 6 rings (SSSR count). The number of ether oxygens (including phenoxy) is 2. The molecule has 274 valence electrons. The van der Waals surface area contributed by atoms with Crippen molar-refractivity contribution < 1.29 is 33.1 Å². The van der Waals surface area contributed by atoms with Crippen LogP contribution in [-0.4, -0.2) is 64.9 Å². The number of likely N-dealkylation sites (tertiary alicyclic amines) is 1. The van der Waals surface area contributed by atoms with Gasteiger partial charge in [-0.15, -0.1) is 0 Å². The van der Waals surface area contributed by atoms with Crippen LogP contribution in [0, 0.1) is 0 Å². The third-order valence-corrected chi connectivity index (χ3v) is 9.12. The lowest BCUT2D eigenvalue weighted by Crippen LogP contribution is -2.53. The van der Waals surface area contributed by atoms with Crippen LogP contribution in [0.15, 0.2) is 120 Å². The van der Waals surface area contributed by atoms with Crippen molar-refractivity contribution in [3.63, 3.8) is 0 Å². The molecule has 1 aliphatic heterocycles. The number of nitrogens with one attached hydrogen (secondary N) is 2. The molecule has 1 aliphatic rings. The topological polar surface area (TPSA) is 166 Å². The fourth-order valence-electron chi connectivity index (χ4n) is 6.34. The highest BCUT2D eigenvalue weighted by Gasteiger charge is 2.44. The number of nitrogens with zero attached hydrogens (tertiary/aromatic N) is 2. The Morgan fingerprint density at radius 3 is 2.13 bits per heavy atom. The Labute approximate surface area is 307 Å². The molecule has 0 radical (unpaired) electrons. The molecule has 4 N–H and O–H groups in total. The van der Waals surface area contributed by atoms with E-state index in [0.717, 1.165) is 11.1 Å². The number of ketones is 1. The second kappa shape index (κ2) is 18.1. The maximum Gasteiger partial charge on any atom is 0.408 e. The van der Waals surface area contributed by atoms with E-state index in [1.165, 1.54) is 4.90 Å². The largest absolute Gasteiger partial charge is 0.445 e. The van der Waals surface area contributed by atoms with Gasteiger partial charge in [-0.2, -0.15) is 0 Å². The summed E-state index contributed by atoms with van der Waals surface area (Å²) in [6.07, 6.45) is 0.348. The molecule has 1 aromatic heterocycles. The van der Waals surface area contributed by atoms with Crippen LogP contribution < -0.4 is 16.4 Å². The van der Waals surface area contributed by atoms with Crippen LogP contribution >= 0.6 is 0 Å². The van der Waals surface area contributed by atoms with Crippen molar-refractivity contribution >= 4 is 34.8 Å². The first-order chi connectivity index (χ1) is 25.9. The van der Waals surface area contributed by atoms with Crippen molar-refractivity contribution in [2.75, 3.05) is 13.1 Å². The summed E-state index contributed by atoms with van der Waals surface area (Å²) in [5.41, 5.74) is 8.96. The molecule has 1 fully saturated rings. The van der Waals surface area contributed by atoms with Gasteiger partial charge in [0, 0.05) is 13.0 Å². The number of amides is 3. The van der Waals surface area contributed by atoms with Crippen LogP contribution in [0.25, 0.3) is 11.1 Å². The Hall–Kier alpha value is -5.85. The van der Waals surface area contributed by atoms with Crippen LogP contribution in [0.2, 0.25) is 0 Å². The van der Waals surface area contributed by atoms with Gasteiger partial charge < -0.3 is 35.2 Å². The number of alkyl carbamates (subject to hydrolysis) is 1. The average Bonchev–Trinajstić information content (AvgIpc) is 3.84. The lowest BCUT2D eigenvalue weighted by molar-refractivity contribution is -0.140. The predicted octanol–water partition coefficient (Wildman–Crippen LogP) is 5.48. The molecule has 0 spiro atoms. The zero-order chi connectivity index (χ0) is 37.0. The zero-order valence-electron chi connectivity index (χ0n) is 29.3. The first kappa shape index (κ1) is 36.9. The van der Waals surface area contributed by atoms with Gasteiger partial charge in [-0.25, -0.2) is 9.78 Å². The van der Waals surface area contributed by atoms with Gasteiger partial charge in [-0.1, -0.05) is 103 Å². The number of hydrogen-bond donors (Lipinski definition) is 3. The van der Waals surface area contributed by atoms with Crippen LogP contribution in [0.4, 0.5) is 4.79 Å². The number of carbonyl (C=O) groups excluding carboxylic acids is 4. The molecule has 2 heterocycles. The number of nitrogens with two attached hydrogens (primary N) is 1. The molecule has 0 bridgehead atoms. The highest BCUT2D eigenvalue weighted by atomic mass is 16.5. The van der Waals surface area contributed by atoms with E-state index < -0.39 is 47.9 Å². The number of aromatic nitrogens is 1. The number of hydrogen-bond acceptors (Lipinski definition) is 9. The maximum atomic E-state index is 14.6. The minimum absolute atomic E-state index is 0.00613. The van der Waals surface area contributed by atoms with Gasteiger partial charge in [-0.05, 0) is 54.6 Å². The molecule has 4 atom stereocenters. The fourth-order valence-corrected chi connectivity index (χ4v) is 6.34. The molecule has 1 saturated heterocycles. The van der Waals surface area contributed by atoms with Crippen LogP contribution in [-0.2, 0) is 32.3 Å². The molecular formula is C41H43N5O7. The summed E-state index contributed by atoms with van der Waals surface area (Å²) in [5.74, 6) is -1.66. The molecule has 12 heteroatoms. The molecule has 53 heavy (non-hydrogen) atoms. The highest BCUT2D eigenvalue weighted by Crippen LogP contribution is 2.27. The molecule has 0 saturated carbocycles. The van der Waals surface area contributed by atoms with Crippen LogP contribution in [0.1, 0.15) is 59.1 Å². The Bertz CT molecular complexity index is 1940. The van der Waals surface area contributed by atoms with Crippen molar-refractivity contribution in [1.29, 1.82) is 0 Å². The fraction of sp³-hybridized carbons (Fsp3) is 0.293. The smallest absolute Gasteiger partial charge is 0.408 e. The summed E-state index contributed by atoms with van der Waals surface area (Å²) in [7, 11) is 0. The van der Waals surface area contributed by atoms with E-state index in [0.29, 0.717) is 36.0 Å². The van der Waals surface area contributed by atoms with E-state index in [1.54, 1.807) is 54.6 Å². The molecule has 5 aromatic rings. The summed E-state index contributed by atoms with van der Waals surface area (Å²) >= 11 is 0. The van der Waals surface area contributed by atoms with Gasteiger partial charge in [0.2, 0.25) is 11.7 Å². The Kier molecular flexibility index (Phi) is 12.6. The van der Waals surface area contributed by atoms with Gasteiger partial charge in [0.1, 0.15) is 24.2 Å². The van der Waals surface area contributed by atoms with E-state index in [4.69, 9.17) is 19.6 Å². The summed E-state index contributed by atoms with van der Waals surface area (Å²) < 4.78 is 17.5. The summed E-state index contributed by atoms with van der Waals surface area (Å²) in [5, 5.41) is 5.64. The van der Waals surface area contributed by atoms with Crippen molar-refractivity contribution in [3.8, 4) is 0 Å². The lowest BCUT2D eigenvalue weighted by atomic mass is 10.0. The van der Waals surface area contributed by atoms with Gasteiger partial charge in [-0.3, -0.25) is 14.4 Å². The number of rotatable bonds is 16. The SMILES string of the molecule is NCCCC[C@H](NC(=O)[C@@H]1C[C@@H](OCc2ccccc2)CN1C(=O)[C@H](NC(=O)OCc1ccccc1)c1ccccc1)C(=O)c1nc2ccccc2o1. The summed E-state index contributed by atoms with van der Waals surface area (Å²) in [4.78, 5) is 61.6. The average molecular weight is 718 g/mol. The van der Waals surface area contributed by atoms with Crippen molar-refractivity contribution in [2.45, 2.75) is 63.1 Å². The Morgan fingerprint density at radius 1 is 0.811 bits per heavy atom. The lowest BCUT2D eigenvalue weighted by Gasteiger charge is -2.29. The minimum Gasteiger partial charge on any atom is -0.445 e. The molecule has 4 aromatic carbocycles. The van der Waals surface area contributed by atoms with Crippen LogP contribution in [0.5, 0.6) is 0 Å². The second-order valence-corrected chi connectivity index (χ2v) is 12.9. The van der Waals surface area contributed by atoms with E-state index in [9.17, 15) is 19.2 Å². The number of carbonyl (C=O) groups is 4. The number of unbranched alkanes of at least 4 members (excludes halogenated alkanes) is 1. The van der Waals surface area contributed by atoms with Crippen molar-refractivity contribution in [1.82, 2.24) is 20.5 Å². The second-order valence-electron chi connectivity index (χ2n) is 12.9. The maximum absolute atomic E-state index is 14.6. The predicted molar refractivity (Wildman–Crippen MR) is 197 cm³/mol. The van der Waals surface area contributed by atoms with Gasteiger partial charge >= 0.3 is 6.09 Å². The quantitative estimate of drug-likeness (QED) is 0.0885. The van der Waals surface area contributed by atoms with Crippen molar-refractivity contribution in [3.05, 3.63) is 138 Å². The molecule has 0 unspecified atom stereocenters. The Morgan fingerprint density at radius 2 is 1.45 bits per heavy atom. The van der Waals surface area contributed by atoms with E-state index in [1.807, 2.05) is 60.7 Å². The number of para-hydroxylation sites is 2. The van der Waals surface area contributed by atoms with Crippen LogP contribution in [0.3, 0.4) is 0 Å². The van der Waals surface area contributed by atoms with Crippen molar-refractivity contribution in [2.24, 2.45) is 5.73 Å². The van der Waals surface area contributed by atoms with Gasteiger partial charge in [0.15, 0.2) is 5.58 Å². The zero-order valence-corrected chi connectivity index (χ0v) is 29.3. The number of benzene rings is 4. The summed E-state index contributed by atoms with van der Waals surface area (Å²) in [6.45, 7) is 0.771. The molecular weight excluding hydrogens is 674 g/mol. The van der Waals surface area contributed by atoms with Gasteiger partial charge in [0.25, 0.3) is 11.8 Å². The van der Waals surface area contributed by atoms with E-state index in [-0.39, 0.29) is 38.5 Å². The normalized spacial score (nSPS) is 16.5. The minimum atomic E-state index is -1.18. The first-order valence-electron chi connectivity index (χ1n) is 17.8. The molecule has 12 nitrogen and oxygen atoms in total.